The molecule has 0 unspecified atom stereocenters. The SMILES string of the molecule is C=C\C(=C/C=C(F)\C=C/C)CO. The highest BCUT2D eigenvalue weighted by molar-refractivity contribution is 5.26. The van der Waals surface area contributed by atoms with E-state index in [9.17, 15) is 4.39 Å². The molecular weight excluding hydrogens is 155 g/mol. The Balaban J connectivity index is 4.33. The molecule has 0 saturated carbocycles. The van der Waals surface area contributed by atoms with Gasteiger partial charge in [0, 0.05) is 0 Å². The molecule has 0 atom stereocenters. The summed E-state index contributed by atoms with van der Waals surface area (Å²) in [6.45, 7) is 5.07. The summed E-state index contributed by atoms with van der Waals surface area (Å²) in [7, 11) is 0. The molecule has 0 aromatic rings. The first-order chi connectivity index (χ1) is 5.74. The topological polar surface area (TPSA) is 20.2 Å². The lowest BCUT2D eigenvalue weighted by molar-refractivity contribution is 0.335. The van der Waals surface area contributed by atoms with Gasteiger partial charge in [-0.25, -0.2) is 4.39 Å². The zero-order valence-electron chi connectivity index (χ0n) is 7.13. The number of hydrogen-bond donors (Lipinski definition) is 1. The number of rotatable bonds is 4. The summed E-state index contributed by atoms with van der Waals surface area (Å²) in [4.78, 5) is 0. The second-order valence-electron chi connectivity index (χ2n) is 2.16. The smallest absolute Gasteiger partial charge is 0.122 e. The average Bonchev–Trinajstić information content (AvgIpc) is 2.07. The molecule has 0 radical (unpaired) electrons. The van der Waals surface area contributed by atoms with Crippen LogP contribution in [0.15, 0.2) is 48.4 Å². The third-order valence-corrected chi connectivity index (χ3v) is 1.23. The molecule has 0 saturated heterocycles. The Bertz CT molecular complexity index is 224. The van der Waals surface area contributed by atoms with E-state index < -0.39 is 0 Å². The monoisotopic (exact) mass is 168 g/mol. The molecule has 0 heterocycles. The minimum absolute atomic E-state index is 0.122. The van der Waals surface area contributed by atoms with Crippen molar-refractivity contribution in [3.8, 4) is 0 Å². The van der Waals surface area contributed by atoms with E-state index in [0.717, 1.165) is 0 Å². The predicted octanol–water partition coefficient (Wildman–Crippen LogP) is 2.52. The molecule has 0 amide bonds. The van der Waals surface area contributed by atoms with Gasteiger partial charge in [0.25, 0.3) is 0 Å². The largest absolute Gasteiger partial charge is 0.392 e. The lowest BCUT2D eigenvalue weighted by atomic mass is 10.2. The summed E-state index contributed by atoms with van der Waals surface area (Å²) >= 11 is 0. The summed E-state index contributed by atoms with van der Waals surface area (Å²) < 4.78 is 12.7. The Morgan fingerprint density at radius 3 is 2.58 bits per heavy atom. The van der Waals surface area contributed by atoms with Crippen molar-refractivity contribution < 1.29 is 9.50 Å². The molecule has 0 spiro atoms. The Morgan fingerprint density at radius 2 is 2.17 bits per heavy atom. The van der Waals surface area contributed by atoms with Gasteiger partial charge in [-0.05, 0) is 24.6 Å². The molecule has 2 heteroatoms. The van der Waals surface area contributed by atoms with Crippen LogP contribution in [0.3, 0.4) is 0 Å². The van der Waals surface area contributed by atoms with Crippen molar-refractivity contribution in [2.45, 2.75) is 6.92 Å². The van der Waals surface area contributed by atoms with Crippen LogP contribution in [0.25, 0.3) is 0 Å². The highest BCUT2D eigenvalue weighted by Crippen LogP contribution is 2.01. The lowest BCUT2D eigenvalue weighted by Crippen LogP contribution is -1.83. The van der Waals surface area contributed by atoms with Gasteiger partial charge in [0.15, 0.2) is 0 Å². The van der Waals surface area contributed by atoms with Crippen molar-refractivity contribution in [1.29, 1.82) is 0 Å². The van der Waals surface area contributed by atoms with Gasteiger partial charge >= 0.3 is 0 Å². The third kappa shape index (κ3) is 4.63. The van der Waals surface area contributed by atoms with Crippen molar-refractivity contribution in [3.05, 3.63) is 48.4 Å². The first kappa shape index (κ1) is 10.8. The van der Waals surface area contributed by atoms with Crippen LogP contribution >= 0.6 is 0 Å². The molecule has 0 fully saturated rings. The van der Waals surface area contributed by atoms with Gasteiger partial charge in [-0.1, -0.05) is 24.8 Å². The minimum Gasteiger partial charge on any atom is -0.392 e. The van der Waals surface area contributed by atoms with Crippen molar-refractivity contribution >= 4 is 0 Å². The van der Waals surface area contributed by atoms with Gasteiger partial charge in [0.1, 0.15) is 5.83 Å². The van der Waals surface area contributed by atoms with Gasteiger partial charge in [-0.2, -0.15) is 0 Å². The molecule has 0 aromatic heterocycles. The zero-order chi connectivity index (χ0) is 9.40. The van der Waals surface area contributed by atoms with Crippen molar-refractivity contribution in [2.75, 3.05) is 6.61 Å². The summed E-state index contributed by atoms with van der Waals surface area (Å²) in [5.41, 5.74) is 0.592. The number of aliphatic hydroxyl groups excluding tert-OH is 1. The standard InChI is InChI=1S/C10H13FO/c1-3-5-10(11)7-6-9(4-2)8-12/h3-7,12H,2,8H2,1H3/b5-3-,9-6+,10-7+. The van der Waals surface area contributed by atoms with Crippen LogP contribution in [-0.2, 0) is 0 Å². The molecule has 0 aliphatic rings. The second-order valence-corrected chi connectivity index (χ2v) is 2.16. The maximum Gasteiger partial charge on any atom is 0.122 e. The van der Waals surface area contributed by atoms with Gasteiger partial charge in [-0.3, -0.25) is 0 Å². The summed E-state index contributed by atoms with van der Waals surface area (Å²) in [5.74, 6) is -0.342. The molecule has 66 valence electrons. The van der Waals surface area contributed by atoms with Crippen LogP contribution in [0, 0.1) is 0 Å². The number of halogens is 1. The van der Waals surface area contributed by atoms with E-state index in [1.54, 1.807) is 13.0 Å². The Hall–Kier alpha value is -1.15. The zero-order valence-corrected chi connectivity index (χ0v) is 7.13. The van der Waals surface area contributed by atoms with Crippen LogP contribution < -0.4 is 0 Å². The fourth-order valence-electron chi connectivity index (χ4n) is 0.587. The molecule has 0 rings (SSSR count). The lowest BCUT2D eigenvalue weighted by Gasteiger charge is -1.90. The summed E-state index contributed by atoms with van der Waals surface area (Å²) in [5, 5.41) is 8.66. The van der Waals surface area contributed by atoms with E-state index >= 15 is 0 Å². The highest BCUT2D eigenvalue weighted by Gasteiger charge is 1.86. The maximum atomic E-state index is 12.7. The van der Waals surface area contributed by atoms with Gasteiger partial charge in [-0.15, -0.1) is 0 Å². The van der Waals surface area contributed by atoms with E-state index in [4.69, 9.17) is 5.11 Å². The van der Waals surface area contributed by atoms with Crippen LogP contribution in [-0.4, -0.2) is 11.7 Å². The van der Waals surface area contributed by atoms with Gasteiger partial charge in [0.2, 0.25) is 0 Å². The second kappa shape index (κ2) is 6.55. The maximum absolute atomic E-state index is 12.7. The fraction of sp³-hybridized carbons (Fsp3) is 0.200. The predicted molar refractivity (Wildman–Crippen MR) is 49.4 cm³/mol. The first-order valence-electron chi connectivity index (χ1n) is 3.67. The van der Waals surface area contributed by atoms with Crippen molar-refractivity contribution in [3.63, 3.8) is 0 Å². The van der Waals surface area contributed by atoms with E-state index in [1.807, 2.05) is 0 Å². The highest BCUT2D eigenvalue weighted by atomic mass is 19.1. The summed E-state index contributed by atoms with van der Waals surface area (Å²) in [6, 6.07) is 0. The molecule has 0 aliphatic carbocycles. The molecule has 12 heavy (non-hydrogen) atoms. The Labute approximate surface area is 72.2 Å². The molecule has 1 N–H and O–H groups in total. The number of hydrogen-bond acceptors (Lipinski definition) is 1. The van der Waals surface area contributed by atoms with E-state index in [0.29, 0.717) is 5.57 Å². The van der Waals surface area contributed by atoms with E-state index in [2.05, 4.69) is 6.58 Å². The van der Waals surface area contributed by atoms with Crippen molar-refractivity contribution in [1.82, 2.24) is 0 Å². The quantitative estimate of drug-likeness (QED) is 0.639. The molecular formula is C10H13FO. The van der Waals surface area contributed by atoms with Gasteiger partial charge in [0.05, 0.1) is 6.61 Å². The van der Waals surface area contributed by atoms with E-state index in [1.165, 1.54) is 24.3 Å². The molecule has 0 aliphatic heterocycles. The van der Waals surface area contributed by atoms with Crippen LogP contribution in [0.4, 0.5) is 4.39 Å². The average molecular weight is 168 g/mol. The van der Waals surface area contributed by atoms with Crippen LogP contribution in [0.5, 0.6) is 0 Å². The molecule has 1 nitrogen and oxygen atoms in total. The van der Waals surface area contributed by atoms with Gasteiger partial charge < -0.3 is 5.11 Å². The van der Waals surface area contributed by atoms with E-state index in [-0.39, 0.29) is 12.4 Å². The Morgan fingerprint density at radius 1 is 1.50 bits per heavy atom. The molecule has 0 bridgehead atoms. The first-order valence-corrected chi connectivity index (χ1v) is 3.67. The Kier molecular flexibility index (Phi) is 5.93. The minimum atomic E-state index is -0.342. The number of aliphatic hydroxyl groups is 1. The van der Waals surface area contributed by atoms with Crippen molar-refractivity contribution in [2.24, 2.45) is 0 Å². The third-order valence-electron chi connectivity index (χ3n) is 1.23. The fourth-order valence-corrected chi connectivity index (χ4v) is 0.587. The van der Waals surface area contributed by atoms with Crippen LogP contribution in [0.2, 0.25) is 0 Å². The summed E-state index contributed by atoms with van der Waals surface area (Å²) in [6.07, 6.45) is 7.20. The van der Waals surface area contributed by atoms with Crippen LogP contribution in [0.1, 0.15) is 6.92 Å². The molecule has 0 aromatic carbocycles. The number of allylic oxidation sites excluding steroid dienone is 5. The normalized spacial score (nSPS) is 13.9.